The van der Waals surface area contributed by atoms with Gasteiger partial charge in [0.15, 0.2) is 0 Å². The highest BCUT2D eigenvalue weighted by atomic mass is 19.4. The molecule has 0 N–H and O–H groups in total. The Kier molecular flexibility index (Phi) is 4.28. The summed E-state index contributed by atoms with van der Waals surface area (Å²) in [6.45, 7) is 3.05. The number of Topliss-reactive ketones (excluding diaryl/α,β-unsaturated/α-hetero) is 1. The molecule has 0 saturated heterocycles. The summed E-state index contributed by atoms with van der Waals surface area (Å²) in [6, 6.07) is 0. The summed E-state index contributed by atoms with van der Waals surface area (Å²) in [6.07, 6.45) is -4.50. The average Bonchev–Trinajstić information content (AvgIpc) is 1.84. The number of alkyl halides is 3. The number of ketones is 1. The van der Waals surface area contributed by atoms with Crippen molar-refractivity contribution in [2.75, 3.05) is 0 Å². The molecular formula is C8H13F3O. The van der Waals surface area contributed by atoms with Gasteiger partial charge in [-0.1, -0.05) is 6.92 Å². The van der Waals surface area contributed by atoms with E-state index in [0.29, 0.717) is 6.42 Å². The van der Waals surface area contributed by atoms with Crippen LogP contribution in [0.5, 0.6) is 0 Å². The van der Waals surface area contributed by atoms with Gasteiger partial charge in [0, 0.05) is 12.3 Å². The third-order valence-corrected chi connectivity index (χ3v) is 1.79. The van der Waals surface area contributed by atoms with Crippen molar-refractivity contribution in [1.29, 1.82) is 0 Å². The largest absolute Gasteiger partial charge is 0.389 e. The van der Waals surface area contributed by atoms with Gasteiger partial charge in [-0.2, -0.15) is 13.2 Å². The van der Waals surface area contributed by atoms with Crippen molar-refractivity contribution < 1.29 is 18.0 Å². The van der Waals surface area contributed by atoms with Crippen molar-refractivity contribution in [3.8, 4) is 0 Å². The van der Waals surface area contributed by atoms with E-state index in [-0.39, 0.29) is 18.1 Å². The number of halogens is 3. The normalized spacial score (nSPS) is 14.4. The monoisotopic (exact) mass is 182 g/mol. The van der Waals surface area contributed by atoms with E-state index in [0.717, 1.165) is 0 Å². The molecule has 0 aliphatic rings. The molecule has 0 heterocycles. The van der Waals surface area contributed by atoms with E-state index < -0.39 is 12.6 Å². The van der Waals surface area contributed by atoms with Gasteiger partial charge in [0.25, 0.3) is 0 Å². The third kappa shape index (κ3) is 6.19. The lowest BCUT2D eigenvalue weighted by atomic mass is 10.0. The van der Waals surface area contributed by atoms with E-state index in [2.05, 4.69) is 0 Å². The first-order chi connectivity index (χ1) is 5.33. The minimum Gasteiger partial charge on any atom is -0.300 e. The second kappa shape index (κ2) is 4.48. The van der Waals surface area contributed by atoms with Gasteiger partial charge in [0.1, 0.15) is 5.78 Å². The molecule has 0 aromatic carbocycles. The predicted octanol–water partition coefficient (Wildman–Crippen LogP) is 2.94. The molecule has 1 atom stereocenters. The molecule has 0 amide bonds. The van der Waals surface area contributed by atoms with Gasteiger partial charge in [0.2, 0.25) is 0 Å². The first-order valence-corrected chi connectivity index (χ1v) is 3.90. The summed E-state index contributed by atoms with van der Waals surface area (Å²) in [4.78, 5) is 10.6. The molecule has 0 aromatic rings. The Hall–Kier alpha value is -0.540. The fourth-order valence-electron chi connectivity index (χ4n) is 0.812. The molecule has 0 spiro atoms. The smallest absolute Gasteiger partial charge is 0.300 e. The molecule has 1 nitrogen and oxygen atoms in total. The summed E-state index contributed by atoms with van der Waals surface area (Å²) in [7, 11) is 0. The quantitative estimate of drug-likeness (QED) is 0.653. The summed E-state index contributed by atoms with van der Waals surface area (Å²) < 4.78 is 34.9. The van der Waals surface area contributed by atoms with Crippen LogP contribution in [0, 0.1) is 5.92 Å². The van der Waals surface area contributed by atoms with Crippen molar-refractivity contribution in [2.45, 2.75) is 39.3 Å². The molecule has 0 aliphatic heterocycles. The van der Waals surface area contributed by atoms with Gasteiger partial charge in [0.05, 0.1) is 0 Å². The van der Waals surface area contributed by atoms with Crippen molar-refractivity contribution >= 4 is 5.78 Å². The number of rotatable bonds is 4. The van der Waals surface area contributed by atoms with Crippen LogP contribution < -0.4 is 0 Å². The number of hydrogen-bond donors (Lipinski definition) is 0. The summed E-state index contributed by atoms with van der Waals surface area (Å²) in [5.41, 5.74) is 0. The van der Waals surface area contributed by atoms with Crippen LogP contribution in [0.25, 0.3) is 0 Å². The van der Waals surface area contributed by atoms with Crippen molar-refractivity contribution in [1.82, 2.24) is 0 Å². The van der Waals surface area contributed by atoms with Crippen molar-refractivity contribution in [3.63, 3.8) is 0 Å². The van der Waals surface area contributed by atoms with E-state index in [1.54, 1.807) is 6.92 Å². The number of carbonyl (C=O) groups excluding carboxylic acids is 1. The Morgan fingerprint density at radius 2 is 1.92 bits per heavy atom. The van der Waals surface area contributed by atoms with Crippen LogP contribution >= 0.6 is 0 Å². The number of hydrogen-bond acceptors (Lipinski definition) is 1. The van der Waals surface area contributed by atoms with Gasteiger partial charge in [-0.05, 0) is 19.8 Å². The van der Waals surface area contributed by atoms with E-state index in [1.165, 1.54) is 6.92 Å². The molecular weight excluding hydrogens is 169 g/mol. The molecule has 0 aliphatic carbocycles. The van der Waals surface area contributed by atoms with E-state index in [9.17, 15) is 18.0 Å². The molecule has 0 aromatic heterocycles. The van der Waals surface area contributed by atoms with Gasteiger partial charge in [-0.3, -0.25) is 4.79 Å². The highest BCUT2D eigenvalue weighted by Crippen LogP contribution is 2.23. The van der Waals surface area contributed by atoms with Crippen LogP contribution in [0.1, 0.15) is 33.1 Å². The molecule has 0 bridgehead atoms. The highest BCUT2D eigenvalue weighted by molar-refractivity contribution is 5.77. The zero-order valence-corrected chi connectivity index (χ0v) is 7.24. The lowest BCUT2D eigenvalue weighted by molar-refractivity contribution is -0.137. The van der Waals surface area contributed by atoms with Crippen LogP contribution in [-0.2, 0) is 4.79 Å². The van der Waals surface area contributed by atoms with Crippen LogP contribution in [0.15, 0.2) is 0 Å². The minimum atomic E-state index is -4.09. The molecule has 0 fully saturated rings. The number of carbonyl (C=O) groups is 1. The van der Waals surface area contributed by atoms with Crippen LogP contribution in [-0.4, -0.2) is 12.0 Å². The molecule has 72 valence electrons. The SMILES string of the molecule is CC(=O)C(C)CCCC(F)(F)F. The van der Waals surface area contributed by atoms with Gasteiger partial charge < -0.3 is 0 Å². The topological polar surface area (TPSA) is 17.1 Å². The molecule has 0 saturated carbocycles. The van der Waals surface area contributed by atoms with Crippen LogP contribution in [0.4, 0.5) is 13.2 Å². The Labute approximate surface area is 70.0 Å². The van der Waals surface area contributed by atoms with Crippen LogP contribution in [0.3, 0.4) is 0 Å². The molecule has 0 rings (SSSR count). The van der Waals surface area contributed by atoms with E-state index >= 15 is 0 Å². The Morgan fingerprint density at radius 3 is 2.25 bits per heavy atom. The van der Waals surface area contributed by atoms with Gasteiger partial charge in [-0.15, -0.1) is 0 Å². The standard InChI is InChI=1S/C8H13F3O/c1-6(7(2)12)4-3-5-8(9,10)11/h6H,3-5H2,1-2H3. The first-order valence-electron chi connectivity index (χ1n) is 3.90. The van der Waals surface area contributed by atoms with E-state index in [1.807, 2.05) is 0 Å². The summed E-state index contributed by atoms with van der Waals surface area (Å²) in [5.74, 6) is -0.287. The second-order valence-electron chi connectivity index (χ2n) is 3.02. The summed E-state index contributed by atoms with van der Waals surface area (Å²) in [5, 5.41) is 0. The maximum atomic E-state index is 11.6. The zero-order chi connectivity index (χ0) is 9.78. The fourth-order valence-corrected chi connectivity index (χ4v) is 0.812. The molecule has 1 unspecified atom stereocenters. The average molecular weight is 182 g/mol. The lowest BCUT2D eigenvalue weighted by Gasteiger charge is -2.08. The minimum absolute atomic E-state index is 0.0443. The third-order valence-electron chi connectivity index (χ3n) is 1.79. The zero-order valence-electron chi connectivity index (χ0n) is 7.24. The van der Waals surface area contributed by atoms with Crippen molar-refractivity contribution in [2.24, 2.45) is 5.92 Å². The fraction of sp³-hybridized carbons (Fsp3) is 0.875. The first kappa shape index (κ1) is 11.5. The lowest BCUT2D eigenvalue weighted by Crippen LogP contribution is -2.10. The maximum absolute atomic E-state index is 11.6. The van der Waals surface area contributed by atoms with Gasteiger partial charge in [-0.25, -0.2) is 0 Å². The predicted molar refractivity (Wildman–Crippen MR) is 39.8 cm³/mol. The Morgan fingerprint density at radius 1 is 1.42 bits per heavy atom. The Balaban J connectivity index is 3.51. The molecule has 0 radical (unpaired) electrons. The second-order valence-corrected chi connectivity index (χ2v) is 3.02. The Bertz CT molecular complexity index is 151. The molecule has 4 heteroatoms. The molecule has 12 heavy (non-hydrogen) atoms. The van der Waals surface area contributed by atoms with E-state index in [4.69, 9.17) is 0 Å². The van der Waals surface area contributed by atoms with Gasteiger partial charge >= 0.3 is 6.18 Å². The highest BCUT2D eigenvalue weighted by Gasteiger charge is 2.26. The maximum Gasteiger partial charge on any atom is 0.389 e. The van der Waals surface area contributed by atoms with Crippen LogP contribution in [0.2, 0.25) is 0 Å². The van der Waals surface area contributed by atoms with Crippen molar-refractivity contribution in [3.05, 3.63) is 0 Å². The summed E-state index contributed by atoms with van der Waals surface area (Å²) >= 11 is 0.